The summed E-state index contributed by atoms with van der Waals surface area (Å²) in [6.45, 7) is 1.32. The Kier molecular flexibility index (Phi) is 5.41. The van der Waals surface area contributed by atoms with E-state index in [0.717, 1.165) is 19.4 Å². The number of hydrogen-bond donors (Lipinski definition) is 1. The van der Waals surface area contributed by atoms with E-state index in [-0.39, 0.29) is 6.10 Å². The van der Waals surface area contributed by atoms with Gasteiger partial charge in [-0.15, -0.1) is 0 Å². The first-order valence-electron chi connectivity index (χ1n) is 6.84. The molecule has 6 nitrogen and oxygen atoms in total. The number of ether oxygens (including phenoxy) is 4. The van der Waals surface area contributed by atoms with Gasteiger partial charge >= 0.3 is 5.97 Å². The molecule has 1 fully saturated rings. The molecule has 1 heterocycles. The number of esters is 1. The van der Waals surface area contributed by atoms with Crippen molar-refractivity contribution >= 4 is 5.97 Å². The van der Waals surface area contributed by atoms with Gasteiger partial charge in [0.1, 0.15) is 6.10 Å². The van der Waals surface area contributed by atoms with Crippen LogP contribution in [0.5, 0.6) is 11.5 Å². The fourth-order valence-corrected chi connectivity index (χ4v) is 2.18. The molecule has 0 aromatic heterocycles. The van der Waals surface area contributed by atoms with Crippen molar-refractivity contribution in [3.63, 3.8) is 0 Å². The van der Waals surface area contributed by atoms with E-state index in [2.05, 4.69) is 4.74 Å². The fourth-order valence-electron chi connectivity index (χ4n) is 2.18. The van der Waals surface area contributed by atoms with Gasteiger partial charge in [-0.1, -0.05) is 6.07 Å². The SMILES string of the molecule is COC(=O)C(O)c1ccc(OC2CCCOC2)c(OC)c1. The zero-order chi connectivity index (χ0) is 15.2. The van der Waals surface area contributed by atoms with Gasteiger partial charge < -0.3 is 24.1 Å². The lowest BCUT2D eigenvalue weighted by Crippen LogP contribution is -2.28. The second kappa shape index (κ2) is 7.28. The predicted octanol–water partition coefficient (Wildman–Crippen LogP) is 1.46. The molecule has 2 unspecified atom stereocenters. The Labute approximate surface area is 123 Å². The van der Waals surface area contributed by atoms with Crippen LogP contribution in [0.1, 0.15) is 24.5 Å². The Morgan fingerprint density at radius 1 is 1.38 bits per heavy atom. The standard InChI is InChI=1S/C15H20O6/c1-18-13-8-10(14(16)15(17)19-2)5-6-12(13)21-11-4-3-7-20-9-11/h5-6,8,11,14,16H,3-4,7,9H2,1-2H3. The maximum Gasteiger partial charge on any atom is 0.339 e. The summed E-state index contributed by atoms with van der Waals surface area (Å²) >= 11 is 0. The van der Waals surface area contributed by atoms with Gasteiger partial charge in [0.15, 0.2) is 17.6 Å². The number of hydrogen-bond acceptors (Lipinski definition) is 6. The van der Waals surface area contributed by atoms with E-state index < -0.39 is 12.1 Å². The Hall–Kier alpha value is -1.79. The van der Waals surface area contributed by atoms with Gasteiger partial charge in [-0.25, -0.2) is 4.79 Å². The Bertz CT molecular complexity index is 481. The molecule has 21 heavy (non-hydrogen) atoms. The van der Waals surface area contributed by atoms with Crippen LogP contribution >= 0.6 is 0 Å². The molecule has 0 amide bonds. The topological polar surface area (TPSA) is 74.2 Å². The van der Waals surface area contributed by atoms with Crippen LogP contribution in [-0.4, -0.2) is 44.6 Å². The minimum atomic E-state index is -1.34. The molecule has 1 aromatic rings. The third-order valence-electron chi connectivity index (χ3n) is 3.34. The minimum Gasteiger partial charge on any atom is -0.493 e. The van der Waals surface area contributed by atoms with E-state index in [1.54, 1.807) is 18.2 Å². The summed E-state index contributed by atoms with van der Waals surface area (Å²) < 4.78 is 21.0. The molecule has 6 heteroatoms. The van der Waals surface area contributed by atoms with E-state index >= 15 is 0 Å². The summed E-state index contributed by atoms with van der Waals surface area (Å²) in [6, 6.07) is 4.86. The Morgan fingerprint density at radius 2 is 2.19 bits per heavy atom. The maximum absolute atomic E-state index is 11.4. The Balaban J connectivity index is 2.13. The summed E-state index contributed by atoms with van der Waals surface area (Å²) in [5, 5.41) is 9.83. The zero-order valence-electron chi connectivity index (χ0n) is 12.2. The van der Waals surface area contributed by atoms with Crippen LogP contribution < -0.4 is 9.47 Å². The van der Waals surface area contributed by atoms with Crippen LogP contribution in [0.2, 0.25) is 0 Å². The van der Waals surface area contributed by atoms with Crippen LogP contribution in [-0.2, 0) is 14.3 Å². The fraction of sp³-hybridized carbons (Fsp3) is 0.533. The highest BCUT2D eigenvalue weighted by molar-refractivity contribution is 5.76. The molecule has 116 valence electrons. The van der Waals surface area contributed by atoms with E-state index in [1.165, 1.54) is 14.2 Å². The minimum absolute atomic E-state index is 0.0102. The predicted molar refractivity (Wildman–Crippen MR) is 74.4 cm³/mol. The van der Waals surface area contributed by atoms with E-state index in [1.807, 2.05) is 0 Å². The van der Waals surface area contributed by atoms with Crippen molar-refractivity contribution in [1.29, 1.82) is 0 Å². The average Bonchev–Trinajstić information content (AvgIpc) is 2.54. The second-order valence-corrected chi connectivity index (χ2v) is 4.79. The van der Waals surface area contributed by atoms with Crippen LogP contribution in [0.4, 0.5) is 0 Å². The molecule has 2 atom stereocenters. The van der Waals surface area contributed by atoms with Crippen LogP contribution in [0, 0.1) is 0 Å². The number of methoxy groups -OCH3 is 2. The number of aliphatic hydroxyl groups excluding tert-OH is 1. The van der Waals surface area contributed by atoms with Gasteiger partial charge in [0.05, 0.1) is 20.8 Å². The monoisotopic (exact) mass is 296 g/mol. The zero-order valence-corrected chi connectivity index (χ0v) is 12.2. The van der Waals surface area contributed by atoms with Crippen molar-refractivity contribution in [3.05, 3.63) is 23.8 Å². The summed E-state index contributed by atoms with van der Waals surface area (Å²) in [5.74, 6) is 0.307. The molecule has 1 saturated heterocycles. The number of aliphatic hydroxyl groups is 1. The number of carbonyl (C=O) groups is 1. The van der Waals surface area contributed by atoms with E-state index in [4.69, 9.17) is 14.2 Å². The summed E-state index contributed by atoms with van der Waals surface area (Å²) in [7, 11) is 2.73. The molecule has 0 bridgehead atoms. The van der Waals surface area contributed by atoms with Crippen molar-refractivity contribution in [3.8, 4) is 11.5 Å². The van der Waals surface area contributed by atoms with Crippen LogP contribution in [0.25, 0.3) is 0 Å². The van der Waals surface area contributed by atoms with E-state index in [0.29, 0.717) is 23.7 Å². The third kappa shape index (κ3) is 3.86. The summed E-state index contributed by atoms with van der Waals surface area (Å²) in [4.78, 5) is 11.4. The van der Waals surface area contributed by atoms with Gasteiger partial charge in [0.2, 0.25) is 0 Å². The van der Waals surface area contributed by atoms with Gasteiger partial charge in [-0.05, 0) is 30.5 Å². The molecule has 2 rings (SSSR count). The van der Waals surface area contributed by atoms with Crippen LogP contribution in [0.15, 0.2) is 18.2 Å². The lowest BCUT2D eigenvalue weighted by Gasteiger charge is -2.24. The Morgan fingerprint density at radius 3 is 2.81 bits per heavy atom. The number of benzene rings is 1. The summed E-state index contributed by atoms with van der Waals surface area (Å²) in [6.07, 6.45) is 0.543. The first-order chi connectivity index (χ1) is 10.2. The largest absolute Gasteiger partial charge is 0.493 e. The number of rotatable bonds is 5. The molecule has 1 aliphatic rings. The van der Waals surface area contributed by atoms with E-state index in [9.17, 15) is 9.90 Å². The smallest absolute Gasteiger partial charge is 0.339 e. The molecule has 0 radical (unpaired) electrons. The van der Waals surface area contributed by atoms with Crippen molar-refractivity contribution in [1.82, 2.24) is 0 Å². The molecular formula is C15H20O6. The lowest BCUT2D eigenvalue weighted by atomic mass is 10.1. The number of carbonyl (C=O) groups excluding carboxylic acids is 1. The first kappa shape index (κ1) is 15.6. The first-order valence-corrected chi connectivity index (χ1v) is 6.84. The highest BCUT2D eigenvalue weighted by Gasteiger charge is 2.21. The van der Waals surface area contributed by atoms with Crippen molar-refractivity contribution in [2.75, 3.05) is 27.4 Å². The molecule has 1 aliphatic heterocycles. The van der Waals surface area contributed by atoms with Gasteiger partial charge in [-0.2, -0.15) is 0 Å². The van der Waals surface area contributed by atoms with Gasteiger partial charge in [0.25, 0.3) is 0 Å². The quantitative estimate of drug-likeness (QED) is 0.829. The third-order valence-corrected chi connectivity index (χ3v) is 3.34. The molecule has 0 saturated carbocycles. The van der Waals surface area contributed by atoms with Crippen molar-refractivity contribution < 1.29 is 28.8 Å². The highest BCUT2D eigenvalue weighted by atomic mass is 16.6. The van der Waals surface area contributed by atoms with Gasteiger partial charge in [0, 0.05) is 6.61 Å². The van der Waals surface area contributed by atoms with Crippen molar-refractivity contribution in [2.24, 2.45) is 0 Å². The summed E-state index contributed by atoms with van der Waals surface area (Å²) in [5.41, 5.74) is 0.394. The molecule has 0 aliphatic carbocycles. The molecular weight excluding hydrogens is 276 g/mol. The average molecular weight is 296 g/mol. The molecule has 0 spiro atoms. The second-order valence-electron chi connectivity index (χ2n) is 4.79. The lowest BCUT2D eigenvalue weighted by molar-refractivity contribution is -0.150. The molecule has 1 N–H and O–H groups in total. The van der Waals surface area contributed by atoms with Gasteiger partial charge in [-0.3, -0.25) is 0 Å². The van der Waals surface area contributed by atoms with Crippen molar-refractivity contribution in [2.45, 2.75) is 25.0 Å². The molecule has 1 aromatic carbocycles. The maximum atomic E-state index is 11.4. The van der Waals surface area contributed by atoms with Crippen LogP contribution in [0.3, 0.4) is 0 Å². The highest BCUT2D eigenvalue weighted by Crippen LogP contribution is 2.32. The normalized spacial score (nSPS) is 19.7.